The molecule has 0 saturated heterocycles. The van der Waals surface area contributed by atoms with Crippen molar-refractivity contribution in [1.82, 2.24) is 15.5 Å². The van der Waals surface area contributed by atoms with Crippen molar-refractivity contribution in [2.75, 3.05) is 6.54 Å². The molecule has 0 radical (unpaired) electrons. The molecule has 1 amide bonds. The summed E-state index contributed by atoms with van der Waals surface area (Å²) < 4.78 is 4.88. The van der Waals surface area contributed by atoms with Crippen molar-refractivity contribution in [3.63, 3.8) is 0 Å². The van der Waals surface area contributed by atoms with Gasteiger partial charge in [-0.25, -0.2) is 0 Å². The smallest absolute Gasteiger partial charge is 0.227 e. The fourth-order valence-corrected chi connectivity index (χ4v) is 1.000. The second-order valence-electron chi connectivity index (χ2n) is 3.47. The fourth-order valence-electron chi connectivity index (χ4n) is 1.000. The molecule has 0 aliphatic carbocycles. The Hall–Kier alpha value is -1.65. The number of aryl methyl sites for hydroxylation is 2. The molecule has 5 heteroatoms. The summed E-state index contributed by atoms with van der Waals surface area (Å²) in [5, 5.41) is 6.37. The molecule has 1 aromatic rings. The number of aromatic nitrogens is 2. The monoisotopic (exact) mass is 209 g/mol. The first kappa shape index (κ1) is 11.4. The second kappa shape index (κ2) is 5.29. The van der Waals surface area contributed by atoms with Crippen LogP contribution in [0, 0.1) is 6.92 Å². The van der Waals surface area contributed by atoms with E-state index in [-0.39, 0.29) is 5.91 Å². The average molecular weight is 209 g/mol. The zero-order chi connectivity index (χ0) is 11.3. The highest BCUT2D eigenvalue weighted by Crippen LogP contribution is 1.99. The number of hydrogen-bond acceptors (Lipinski definition) is 4. The van der Waals surface area contributed by atoms with E-state index < -0.39 is 0 Å². The zero-order valence-corrected chi connectivity index (χ0v) is 9.04. The van der Waals surface area contributed by atoms with E-state index in [0.29, 0.717) is 31.1 Å². The van der Waals surface area contributed by atoms with Gasteiger partial charge in [-0.05, 0) is 13.8 Å². The molecule has 0 aliphatic heterocycles. The lowest BCUT2D eigenvalue weighted by Crippen LogP contribution is -2.25. The van der Waals surface area contributed by atoms with E-state index in [1.54, 1.807) is 6.92 Å². The average Bonchev–Trinajstić information content (AvgIpc) is 2.58. The Morgan fingerprint density at radius 1 is 1.60 bits per heavy atom. The minimum atomic E-state index is -0.0335. The van der Waals surface area contributed by atoms with Crippen LogP contribution in [-0.4, -0.2) is 22.6 Å². The van der Waals surface area contributed by atoms with Crippen molar-refractivity contribution >= 4 is 5.91 Å². The molecule has 5 nitrogen and oxygen atoms in total. The van der Waals surface area contributed by atoms with Gasteiger partial charge in [0.05, 0.1) is 0 Å². The Bertz CT molecular complexity index is 357. The van der Waals surface area contributed by atoms with E-state index in [1.165, 1.54) is 0 Å². The molecule has 82 valence electrons. The molecule has 1 heterocycles. The first-order valence-electron chi connectivity index (χ1n) is 4.78. The summed E-state index contributed by atoms with van der Waals surface area (Å²) in [7, 11) is 0. The second-order valence-corrected chi connectivity index (χ2v) is 3.47. The van der Waals surface area contributed by atoms with Crippen molar-refractivity contribution in [2.24, 2.45) is 0 Å². The van der Waals surface area contributed by atoms with E-state index in [9.17, 15) is 4.79 Å². The number of rotatable bonds is 5. The summed E-state index contributed by atoms with van der Waals surface area (Å²) in [6, 6.07) is 0. The molecule has 0 bridgehead atoms. The quantitative estimate of drug-likeness (QED) is 0.735. The van der Waals surface area contributed by atoms with E-state index in [2.05, 4.69) is 22.0 Å². The van der Waals surface area contributed by atoms with Crippen LogP contribution in [-0.2, 0) is 11.2 Å². The summed E-state index contributed by atoms with van der Waals surface area (Å²) in [5.74, 6) is 1.05. The fraction of sp³-hybridized carbons (Fsp3) is 0.500. The SMILES string of the molecule is C=C(C)CNC(=O)CCc1nc(C)no1. The minimum absolute atomic E-state index is 0.0335. The highest BCUT2D eigenvalue weighted by Gasteiger charge is 2.06. The lowest BCUT2D eigenvalue weighted by atomic mass is 10.3. The molecule has 1 N–H and O–H groups in total. The van der Waals surface area contributed by atoms with Gasteiger partial charge in [0, 0.05) is 19.4 Å². The van der Waals surface area contributed by atoms with Crippen LogP contribution >= 0.6 is 0 Å². The normalized spacial score (nSPS) is 10.0. The van der Waals surface area contributed by atoms with Crippen molar-refractivity contribution in [3.8, 4) is 0 Å². The van der Waals surface area contributed by atoms with Crippen molar-refractivity contribution < 1.29 is 9.32 Å². The van der Waals surface area contributed by atoms with Crippen LogP contribution in [0.3, 0.4) is 0 Å². The van der Waals surface area contributed by atoms with Crippen molar-refractivity contribution in [3.05, 3.63) is 23.9 Å². The summed E-state index contributed by atoms with van der Waals surface area (Å²) in [6.07, 6.45) is 0.831. The van der Waals surface area contributed by atoms with Gasteiger partial charge in [0.1, 0.15) is 0 Å². The third kappa shape index (κ3) is 4.39. The molecule has 0 spiro atoms. The Morgan fingerprint density at radius 3 is 2.87 bits per heavy atom. The molecule has 0 unspecified atom stereocenters. The van der Waals surface area contributed by atoms with Crippen molar-refractivity contribution in [2.45, 2.75) is 26.7 Å². The van der Waals surface area contributed by atoms with E-state index in [0.717, 1.165) is 5.57 Å². The predicted molar refractivity (Wildman–Crippen MR) is 55.2 cm³/mol. The van der Waals surface area contributed by atoms with Gasteiger partial charge in [-0.15, -0.1) is 0 Å². The molecule has 1 aromatic heterocycles. The van der Waals surface area contributed by atoms with Crippen LogP contribution in [0.1, 0.15) is 25.1 Å². The molecule has 0 saturated carbocycles. The van der Waals surface area contributed by atoms with E-state index in [1.807, 2.05) is 6.92 Å². The summed E-state index contributed by atoms with van der Waals surface area (Å²) in [6.45, 7) is 7.82. The van der Waals surface area contributed by atoms with Crippen LogP contribution in [0.4, 0.5) is 0 Å². The maximum Gasteiger partial charge on any atom is 0.227 e. The van der Waals surface area contributed by atoms with Crippen LogP contribution in [0.2, 0.25) is 0 Å². The number of nitrogens with zero attached hydrogens (tertiary/aromatic N) is 2. The van der Waals surface area contributed by atoms with Gasteiger partial charge < -0.3 is 9.84 Å². The first-order chi connectivity index (χ1) is 7.08. The standard InChI is InChI=1S/C10H15N3O2/c1-7(2)6-11-9(14)4-5-10-12-8(3)13-15-10/h1,4-6H2,2-3H3,(H,11,14). The molecular weight excluding hydrogens is 194 g/mol. The Morgan fingerprint density at radius 2 is 2.33 bits per heavy atom. The molecule has 0 atom stereocenters. The summed E-state index contributed by atoms with van der Waals surface area (Å²) >= 11 is 0. The van der Waals surface area contributed by atoms with Gasteiger partial charge in [-0.1, -0.05) is 17.3 Å². The molecule has 15 heavy (non-hydrogen) atoms. The van der Waals surface area contributed by atoms with Crippen LogP contribution in [0.25, 0.3) is 0 Å². The summed E-state index contributed by atoms with van der Waals surface area (Å²) in [5.41, 5.74) is 0.928. The number of carbonyl (C=O) groups excluding carboxylic acids is 1. The lowest BCUT2D eigenvalue weighted by Gasteiger charge is -2.02. The van der Waals surface area contributed by atoms with Gasteiger partial charge in [0.2, 0.25) is 11.8 Å². The number of hydrogen-bond donors (Lipinski definition) is 1. The topological polar surface area (TPSA) is 68.0 Å². The van der Waals surface area contributed by atoms with Crippen LogP contribution in [0.5, 0.6) is 0 Å². The predicted octanol–water partition coefficient (Wildman–Crippen LogP) is 1.00. The third-order valence-corrected chi connectivity index (χ3v) is 1.72. The molecule has 0 aromatic carbocycles. The summed E-state index contributed by atoms with van der Waals surface area (Å²) in [4.78, 5) is 15.3. The van der Waals surface area contributed by atoms with Crippen LogP contribution < -0.4 is 5.32 Å². The first-order valence-corrected chi connectivity index (χ1v) is 4.78. The lowest BCUT2D eigenvalue weighted by molar-refractivity contribution is -0.120. The Kier molecular flexibility index (Phi) is 4.03. The van der Waals surface area contributed by atoms with E-state index in [4.69, 9.17) is 4.52 Å². The van der Waals surface area contributed by atoms with Gasteiger partial charge in [-0.2, -0.15) is 4.98 Å². The molecular formula is C10H15N3O2. The highest BCUT2D eigenvalue weighted by molar-refractivity contribution is 5.76. The third-order valence-electron chi connectivity index (χ3n) is 1.72. The van der Waals surface area contributed by atoms with Gasteiger partial charge in [0.25, 0.3) is 0 Å². The van der Waals surface area contributed by atoms with Crippen molar-refractivity contribution in [1.29, 1.82) is 0 Å². The molecule has 0 fully saturated rings. The van der Waals surface area contributed by atoms with Gasteiger partial charge in [0.15, 0.2) is 5.82 Å². The van der Waals surface area contributed by atoms with E-state index >= 15 is 0 Å². The Labute approximate surface area is 88.6 Å². The highest BCUT2D eigenvalue weighted by atomic mass is 16.5. The number of carbonyl (C=O) groups is 1. The number of nitrogens with one attached hydrogen (secondary N) is 1. The minimum Gasteiger partial charge on any atom is -0.352 e. The van der Waals surface area contributed by atoms with Gasteiger partial charge >= 0.3 is 0 Å². The zero-order valence-electron chi connectivity index (χ0n) is 9.04. The van der Waals surface area contributed by atoms with Crippen LogP contribution in [0.15, 0.2) is 16.7 Å². The maximum atomic E-state index is 11.3. The largest absolute Gasteiger partial charge is 0.352 e. The van der Waals surface area contributed by atoms with Gasteiger partial charge in [-0.3, -0.25) is 4.79 Å². The maximum absolute atomic E-state index is 11.3. The molecule has 0 aliphatic rings. The number of amides is 1. The molecule has 1 rings (SSSR count). The Balaban J connectivity index is 2.25.